The zero-order chi connectivity index (χ0) is 6.85. The molecule has 0 radical (unpaired) electrons. The molecule has 0 aliphatic carbocycles. The summed E-state index contributed by atoms with van der Waals surface area (Å²) in [6.45, 7) is 0.367. The number of hydrogen-bond acceptors (Lipinski definition) is 4. The lowest BCUT2D eigenvalue weighted by atomic mass is 10.1. The molecule has 0 aromatic carbocycles. The number of aliphatic hydroxyl groups excluding tert-OH is 2. The maximum atomic E-state index is 10.1. The van der Waals surface area contributed by atoms with E-state index >= 15 is 0 Å². The van der Waals surface area contributed by atoms with Crippen LogP contribution in [0.3, 0.4) is 0 Å². The summed E-state index contributed by atoms with van der Waals surface area (Å²) in [6, 6.07) is 0. The van der Waals surface area contributed by atoms with E-state index in [2.05, 4.69) is 5.32 Å². The molecule has 1 heterocycles. The maximum Gasteiger partial charge on any atom is 0.131 e. The Balaban J connectivity index is 2.50. The maximum absolute atomic E-state index is 10.1. The fraction of sp³-hybridized carbons (Fsp3) is 0.800. The molecular weight excluding hydrogens is 122 g/mol. The second-order valence-electron chi connectivity index (χ2n) is 2.14. The Kier molecular flexibility index (Phi) is 1.80. The summed E-state index contributed by atoms with van der Waals surface area (Å²) in [5, 5.41) is 20.2. The predicted molar refractivity (Wildman–Crippen MR) is 29.6 cm³/mol. The minimum Gasteiger partial charge on any atom is -0.388 e. The summed E-state index contributed by atoms with van der Waals surface area (Å²) in [4.78, 5) is 10.1. The molecule has 3 unspecified atom stereocenters. The molecule has 4 nitrogen and oxygen atoms in total. The van der Waals surface area contributed by atoms with E-state index in [1.165, 1.54) is 0 Å². The number of aldehydes is 1. The topological polar surface area (TPSA) is 69.6 Å². The lowest BCUT2D eigenvalue weighted by Gasteiger charge is -2.07. The molecule has 1 saturated heterocycles. The molecule has 0 saturated carbocycles. The molecule has 3 atom stereocenters. The molecule has 1 fully saturated rings. The quantitative estimate of drug-likeness (QED) is 0.363. The molecule has 0 spiro atoms. The fourth-order valence-corrected chi connectivity index (χ4v) is 0.861. The van der Waals surface area contributed by atoms with E-state index in [1.54, 1.807) is 0 Å². The zero-order valence-corrected chi connectivity index (χ0v) is 4.82. The van der Waals surface area contributed by atoms with Crippen LogP contribution in [0.4, 0.5) is 0 Å². The van der Waals surface area contributed by atoms with Crippen molar-refractivity contribution in [2.75, 3.05) is 6.54 Å². The van der Waals surface area contributed by atoms with Crippen molar-refractivity contribution in [3.8, 4) is 0 Å². The third-order valence-corrected chi connectivity index (χ3v) is 1.50. The van der Waals surface area contributed by atoms with E-state index in [0.717, 1.165) is 0 Å². The van der Waals surface area contributed by atoms with Crippen LogP contribution < -0.4 is 5.32 Å². The van der Waals surface area contributed by atoms with Crippen molar-refractivity contribution in [3.63, 3.8) is 0 Å². The fourth-order valence-electron chi connectivity index (χ4n) is 0.861. The van der Waals surface area contributed by atoms with Gasteiger partial charge in [-0.25, -0.2) is 0 Å². The van der Waals surface area contributed by atoms with E-state index in [0.29, 0.717) is 12.8 Å². The Morgan fingerprint density at radius 2 is 2.22 bits per heavy atom. The van der Waals surface area contributed by atoms with Crippen molar-refractivity contribution in [1.29, 1.82) is 0 Å². The van der Waals surface area contributed by atoms with Crippen LogP contribution in [-0.2, 0) is 4.79 Å². The second-order valence-corrected chi connectivity index (χ2v) is 2.14. The van der Waals surface area contributed by atoms with E-state index in [1.807, 2.05) is 0 Å². The molecular formula is C5H9NO3. The van der Waals surface area contributed by atoms with Crippen molar-refractivity contribution in [3.05, 3.63) is 0 Å². The third-order valence-electron chi connectivity index (χ3n) is 1.50. The largest absolute Gasteiger partial charge is 0.388 e. The molecule has 4 heteroatoms. The number of aliphatic hydroxyl groups is 2. The van der Waals surface area contributed by atoms with Crippen LogP contribution in [-0.4, -0.2) is 35.4 Å². The highest BCUT2D eigenvalue weighted by molar-refractivity contribution is 5.55. The highest BCUT2D eigenvalue weighted by Crippen LogP contribution is 2.09. The van der Waals surface area contributed by atoms with Crippen molar-refractivity contribution in [2.45, 2.75) is 12.3 Å². The lowest BCUT2D eigenvalue weighted by Crippen LogP contribution is -2.30. The van der Waals surface area contributed by atoms with Gasteiger partial charge in [-0.2, -0.15) is 0 Å². The van der Waals surface area contributed by atoms with Crippen LogP contribution >= 0.6 is 0 Å². The highest BCUT2D eigenvalue weighted by atomic mass is 16.3. The molecule has 52 valence electrons. The Morgan fingerprint density at radius 3 is 2.44 bits per heavy atom. The number of nitrogens with one attached hydrogen (secondary N) is 1. The molecule has 0 amide bonds. The summed E-state index contributed by atoms with van der Waals surface area (Å²) in [5.74, 6) is -0.444. The first-order valence-corrected chi connectivity index (χ1v) is 2.80. The summed E-state index contributed by atoms with van der Waals surface area (Å²) in [7, 11) is 0. The summed E-state index contributed by atoms with van der Waals surface area (Å²) < 4.78 is 0. The first-order chi connectivity index (χ1) is 4.25. The van der Waals surface area contributed by atoms with Gasteiger partial charge in [-0.15, -0.1) is 0 Å². The van der Waals surface area contributed by atoms with E-state index < -0.39 is 18.2 Å². The normalized spacial score (nSPS) is 43.1. The van der Waals surface area contributed by atoms with Gasteiger partial charge in [0.2, 0.25) is 0 Å². The highest BCUT2D eigenvalue weighted by Gasteiger charge is 2.32. The van der Waals surface area contributed by atoms with Gasteiger partial charge in [-0.1, -0.05) is 0 Å². The van der Waals surface area contributed by atoms with Gasteiger partial charge in [0.25, 0.3) is 0 Å². The molecule has 0 aromatic heterocycles. The predicted octanol–water partition coefficient (Wildman–Crippen LogP) is -1.92. The van der Waals surface area contributed by atoms with Crippen LogP contribution in [0, 0.1) is 5.92 Å². The monoisotopic (exact) mass is 131 g/mol. The SMILES string of the molecule is O=CC1CNC(O)C1O. The molecule has 3 N–H and O–H groups in total. The zero-order valence-electron chi connectivity index (χ0n) is 4.82. The standard InChI is InChI=1S/C5H9NO3/c7-2-3-1-6-5(9)4(3)8/h2-6,8-9H,1H2. The van der Waals surface area contributed by atoms with Crippen molar-refractivity contribution < 1.29 is 15.0 Å². The van der Waals surface area contributed by atoms with Crippen molar-refractivity contribution in [1.82, 2.24) is 5.32 Å². The van der Waals surface area contributed by atoms with Gasteiger partial charge >= 0.3 is 0 Å². The average Bonchev–Trinajstić information content (AvgIpc) is 2.15. The third kappa shape index (κ3) is 1.10. The summed E-state index contributed by atoms with van der Waals surface area (Å²) >= 11 is 0. The van der Waals surface area contributed by atoms with Crippen LogP contribution in [0.2, 0.25) is 0 Å². The smallest absolute Gasteiger partial charge is 0.131 e. The van der Waals surface area contributed by atoms with Crippen LogP contribution in [0.25, 0.3) is 0 Å². The molecule has 9 heavy (non-hydrogen) atoms. The number of carbonyl (C=O) groups excluding carboxylic acids is 1. The lowest BCUT2D eigenvalue weighted by molar-refractivity contribution is -0.114. The van der Waals surface area contributed by atoms with Crippen molar-refractivity contribution >= 4 is 6.29 Å². The summed E-state index contributed by atoms with van der Waals surface area (Å²) in [6.07, 6.45) is -1.21. The molecule has 0 bridgehead atoms. The molecule has 0 aromatic rings. The van der Waals surface area contributed by atoms with Gasteiger partial charge in [0, 0.05) is 6.54 Å². The Bertz CT molecular complexity index is 117. The minimum absolute atomic E-state index is 0.367. The first-order valence-electron chi connectivity index (χ1n) is 2.80. The van der Waals surface area contributed by atoms with Gasteiger partial charge in [-0.3, -0.25) is 5.32 Å². The summed E-state index contributed by atoms with van der Waals surface area (Å²) in [5.41, 5.74) is 0. The van der Waals surface area contributed by atoms with E-state index in [4.69, 9.17) is 10.2 Å². The van der Waals surface area contributed by atoms with E-state index in [-0.39, 0.29) is 0 Å². The molecule has 1 aliphatic rings. The van der Waals surface area contributed by atoms with Gasteiger partial charge in [0.15, 0.2) is 0 Å². The number of carbonyl (C=O) groups is 1. The first kappa shape index (κ1) is 6.67. The van der Waals surface area contributed by atoms with Crippen LogP contribution in [0.15, 0.2) is 0 Å². The van der Waals surface area contributed by atoms with Gasteiger partial charge in [-0.05, 0) is 0 Å². The minimum atomic E-state index is -0.930. The average molecular weight is 131 g/mol. The van der Waals surface area contributed by atoms with Gasteiger partial charge in [0.1, 0.15) is 18.6 Å². The van der Waals surface area contributed by atoms with E-state index in [9.17, 15) is 4.79 Å². The van der Waals surface area contributed by atoms with Crippen LogP contribution in [0.5, 0.6) is 0 Å². The Hall–Kier alpha value is -0.450. The number of rotatable bonds is 1. The molecule has 1 aliphatic heterocycles. The van der Waals surface area contributed by atoms with Crippen LogP contribution in [0.1, 0.15) is 0 Å². The number of hydrogen-bond donors (Lipinski definition) is 3. The van der Waals surface area contributed by atoms with Gasteiger partial charge < -0.3 is 15.0 Å². The van der Waals surface area contributed by atoms with Gasteiger partial charge in [0.05, 0.1) is 5.92 Å². The van der Waals surface area contributed by atoms with Crippen molar-refractivity contribution in [2.24, 2.45) is 5.92 Å². The second kappa shape index (κ2) is 2.43. The Morgan fingerprint density at radius 1 is 1.56 bits per heavy atom. The Labute approximate surface area is 52.5 Å². The molecule has 1 rings (SSSR count).